The molecule has 1 atom stereocenters. The molecule has 0 radical (unpaired) electrons. The molecule has 1 aliphatic rings. The molecule has 1 fully saturated rings. The highest BCUT2D eigenvalue weighted by Crippen LogP contribution is 2.36. The highest BCUT2D eigenvalue weighted by Gasteiger charge is 2.38. The standard InChI is InChI=1S/C13H24N4O3S/c1-11(12-3-4-12)17(7-8-20-2)21(18,19)13-9-15-16(10-13)6-5-14/h9-12H,3-8,14H2,1-2H3. The minimum Gasteiger partial charge on any atom is -0.383 e. The van der Waals surface area contributed by atoms with Gasteiger partial charge in [-0.2, -0.15) is 9.40 Å². The molecule has 8 heteroatoms. The molecule has 0 saturated heterocycles. The summed E-state index contributed by atoms with van der Waals surface area (Å²) in [7, 11) is -1.97. The van der Waals surface area contributed by atoms with Crippen molar-refractivity contribution >= 4 is 10.0 Å². The van der Waals surface area contributed by atoms with Crippen molar-refractivity contribution < 1.29 is 13.2 Å². The van der Waals surface area contributed by atoms with Crippen molar-refractivity contribution in [3.63, 3.8) is 0 Å². The number of hydrogen-bond acceptors (Lipinski definition) is 5. The zero-order valence-corrected chi connectivity index (χ0v) is 13.4. The van der Waals surface area contributed by atoms with Crippen LogP contribution >= 0.6 is 0 Å². The molecule has 120 valence electrons. The molecule has 7 nitrogen and oxygen atoms in total. The molecule has 0 spiro atoms. The van der Waals surface area contributed by atoms with E-state index in [9.17, 15) is 8.42 Å². The molecule has 0 aromatic carbocycles. The first-order chi connectivity index (χ1) is 10.0. The quantitative estimate of drug-likeness (QED) is 0.706. The summed E-state index contributed by atoms with van der Waals surface area (Å²) in [6.45, 7) is 3.64. The third kappa shape index (κ3) is 3.82. The Morgan fingerprint density at radius 2 is 2.29 bits per heavy atom. The van der Waals surface area contributed by atoms with Crippen LogP contribution in [0, 0.1) is 5.92 Å². The van der Waals surface area contributed by atoms with Gasteiger partial charge in [-0.1, -0.05) is 0 Å². The maximum absolute atomic E-state index is 12.8. The van der Waals surface area contributed by atoms with Crippen LogP contribution in [-0.2, 0) is 21.3 Å². The Bertz CT molecular complexity index is 554. The first-order valence-electron chi connectivity index (χ1n) is 7.24. The lowest BCUT2D eigenvalue weighted by Crippen LogP contribution is -2.41. The van der Waals surface area contributed by atoms with Crippen molar-refractivity contribution in [1.29, 1.82) is 0 Å². The second-order valence-corrected chi connectivity index (χ2v) is 7.30. The van der Waals surface area contributed by atoms with Crippen LogP contribution in [0.3, 0.4) is 0 Å². The van der Waals surface area contributed by atoms with Crippen molar-refractivity contribution in [3.8, 4) is 0 Å². The van der Waals surface area contributed by atoms with E-state index in [-0.39, 0.29) is 10.9 Å². The number of nitrogens with zero attached hydrogens (tertiary/aromatic N) is 3. The number of sulfonamides is 1. The number of hydrogen-bond donors (Lipinski definition) is 1. The van der Waals surface area contributed by atoms with Crippen LogP contribution in [0.25, 0.3) is 0 Å². The average molecular weight is 316 g/mol. The summed E-state index contributed by atoms with van der Waals surface area (Å²) < 4.78 is 33.8. The van der Waals surface area contributed by atoms with Crippen molar-refractivity contribution in [1.82, 2.24) is 14.1 Å². The second-order valence-electron chi connectivity index (χ2n) is 5.41. The molecule has 1 heterocycles. The lowest BCUT2D eigenvalue weighted by molar-refractivity contribution is 0.164. The van der Waals surface area contributed by atoms with Crippen LogP contribution in [-0.4, -0.2) is 55.4 Å². The Labute approximate surface area is 126 Å². The van der Waals surface area contributed by atoms with Gasteiger partial charge in [-0.25, -0.2) is 8.42 Å². The van der Waals surface area contributed by atoms with E-state index >= 15 is 0 Å². The Balaban J connectivity index is 2.22. The summed E-state index contributed by atoms with van der Waals surface area (Å²) in [5.41, 5.74) is 5.46. The molecule has 2 rings (SSSR count). The second kappa shape index (κ2) is 6.87. The fourth-order valence-corrected chi connectivity index (χ4v) is 4.04. The minimum atomic E-state index is -3.55. The predicted molar refractivity (Wildman–Crippen MR) is 79.2 cm³/mol. The van der Waals surface area contributed by atoms with Crippen LogP contribution in [0.4, 0.5) is 0 Å². The molecule has 1 aromatic rings. The van der Waals surface area contributed by atoms with E-state index in [1.165, 1.54) is 10.5 Å². The van der Waals surface area contributed by atoms with Crippen LogP contribution in [0.1, 0.15) is 19.8 Å². The summed E-state index contributed by atoms with van der Waals surface area (Å²) in [6, 6.07) is -0.0111. The maximum Gasteiger partial charge on any atom is 0.246 e. The lowest BCUT2D eigenvalue weighted by atomic mass is 10.2. The van der Waals surface area contributed by atoms with Gasteiger partial charge in [-0.05, 0) is 25.7 Å². The van der Waals surface area contributed by atoms with Crippen molar-refractivity contribution in [2.75, 3.05) is 26.8 Å². The van der Waals surface area contributed by atoms with E-state index in [0.717, 1.165) is 12.8 Å². The van der Waals surface area contributed by atoms with Gasteiger partial charge in [-0.3, -0.25) is 4.68 Å². The molecule has 1 unspecified atom stereocenters. The first-order valence-corrected chi connectivity index (χ1v) is 8.68. The summed E-state index contributed by atoms with van der Waals surface area (Å²) >= 11 is 0. The lowest BCUT2D eigenvalue weighted by Gasteiger charge is -2.27. The zero-order valence-electron chi connectivity index (χ0n) is 12.6. The molecular weight excluding hydrogens is 292 g/mol. The highest BCUT2D eigenvalue weighted by molar-refractivity contribution is 7.89. The van der Waals surface area contributed by atoms with Gasteiger partial charge in [0.15, 0.2) is 0 Å². The van der Waals surface area contributed by atoms with Gasteiger partial charge in [0, 0.05) is 32.4 Å². The van der Waals surface area contributed by atoms with Crippen LogP contribution in [0.15, 0.2) is 17.3 Å². The normalized spacial score (nSPS) is 17.3. The van der Waals surface area contributed by atoms with Gasteiger partial charge in [-0.15, -0.1) is 0 Å². The van der Waals surface area contributed by atoms with Crippen LogP contribution < -0.4 is 5.73 Å². The summed E-state index contributed by atoms with van der Waals surface area (Å²) in [4.78, 5) is 0.222. The molecule has 1 aliphatic carbocycles. The Morgan fingerprint density at radius 3 is 2.86 bits per heavy atom. The highest BCUT2D eigenvalue weighted by atomic mass is 32.2. The van der Waals surface area contributed by atoms with E-state index in [0.29, 0.717) is 32.2 Å². The molecule has 21 heavy (non-hydrogen) atoms. The molecule has 1 aromatic heterocycles. The third-order valence-corrected chi connectivity index (χ3v) is 5.79. The smallest absolute Gasteiger partial charge is 0.246 e. The predicted octanol–water partition coefficient (Wildman–Crippen LogP) is 0.277. The fourth-order valence-electron chi connectivity index (χ4n) is 2.41. The molecule has 0 amide bonds. The van der Waals surface area contributed by atoms with E-state index < -0.39 is 10.0 Å². The Morgan fingerprint density at radius 1 is 1.57 bits per heavy atom. The molecular formula is C13H24N4O3S. The molecule has 0 bridgehead atoms. The minimum absolute atomic E-state index is 0.0111. The van der Waals surface area contributed by atoms with E-state index in [1.807, 2.05) is 6.92 Å². The van der Waals surface area contributed by atoms with Gasteiger partial charge >= 0.3 is 0 Å². The average Bonchev–Trinajstić information content (AvgIpc) is 3.19. The van der Waals surface area contributed by atoms with Gasteiger partial charge in [0.25, 0.3) is 0 Å². The summed E-state index contributed by atoms with van der Waals surface area (Å²) in [5.74, 6) is 0.454. The van der Waals surface area contributed by atoms with Gasteiger partial charge in [0.1, 0.15) is 4.90 Å². The number of ether oxygens (including phenoxy) is 1. The van der Waals surface area contributed by atoms with Crippen LogP contribution in [0.5, 0.6) is 0 Å². The number of methoxy groups -OCH3 is 1. The van der Waals surface area contributed by atoms with Crippen molar-refractivity contribution in [2.45, 2.75) is 37.2 Å². The van der Waals surface area contributed by atoms with Crippen LogP contribution in [0.2, 0.25) is 0 Å². The molecule has 1 saturated carbocycles. The van der Waals surface area contributed by atoms with Crippen molar-refractivity contribution in [2.24, 2.45) is 11.7 Å². The van der Waals surface area contributed by atoms with E-state index in [1.54, 1.807) is 18.0 Å². The van der Waals surface area contributed by atoms with E-state index in [4.69, 9.17) is 10.5 Å². The third-order valence-electron chi connectivity index (χ3n) is 3.85. The number of nitrogens with two attached hydrogens (primary N) is 1. The van der Waals surface area contributed by atoms with E-state index in [2.05, 4.69) is 5.10 Å². The maximum atomic E-state index is 12.8. The summed E-state index contributed by atoms with van der Waals surface area (Å²) in [6.07, 6.45) is 5.12. The number of rotatable bonds is 9. The first kappa shape index (κ1) is 16.4. The Hall–Kier alpha value is -0.960. The monoisotopic (exact) mass is 316 g/mol. The number of aromatic nitrogens is 2. The SMILES string of the molecule is COCCN(C(C)C1CC1)S(=O)(=O)c1cnn(CCN)c1. The topological polar surface area (TPSA) is 90.5 Å². The van der Waals surface area contributed by atoms with Gasteiger partial charge in [0.2, 0.25) is 10.0 Å². The largest absolute Gasteiger partial charge is 0.383 e. The van der Waals surface area contributed by atoms with Gasteiger partial charge in [0.05, 0.1) is 19.3 Å². The zero-order chi connectivity index (χ0) is 15.5. The molecule has 2 N–H and O–H groups in total. The van der Waals surface area contributed by atoms with Crippen molar-refractivity contribution in [3.05, 3.63) is 12.4 Å². The van der Waals surface area contributed by atoms with Gasteiger partial charge < -0.3 is 10.5 Å². The fraction of sp³-hybridized carbons (Fsp3) is 0.769. The summed E-state index contributed by atoms with van der Waals surface area (Å²) in [5, 5.41) is 4.05. The molecule has 0 aliphatic heterocycles. The Kier molecular flexibility index (Phi) is 5.37.